The maximum Gasteiger partial charge on any atom is 0.147 e. The summed E-state index contributed by atoms with van der Waals surface area (Å²) >= 11 is 3.40. The molecule has 0 spiro atoms. The van der Waals surface area contributed by atoms with Crippen LogP contribution < -0.4 is 16.0 Å². The van der Waals surface area contributed by atoms with Gasteiger partial charge in [0.15, 0.2) is 0 Å². The zero-order chi connectivity index (χ0) is 14.5. The molecular formula is C12H19BrN2O3S. The van der Waals surface area contributed by atoms with Crippen molar-refractivity contribution in [3.05, 3.63) is 28.2 Å². The molecule has 1 rings (SSSR count). The minimum atomic E-state index is -2.94. The third-order valence-corrected chi connectivity index (χ3v) is 4.30. The molecule has 0 aliphatic heterocycles. The highest BCUT2D eigenvalue weighted by atomic mass is 79.9. The molecule has 0 amide bonds. The fraction of sp³-hybridized carbons (Fsp3) is 0.500. The first-order valence-corrected chi connectivity index (χ1v) is 8.70. The Hall–Kier alpha value is -0.630. The van der Waals surface area contributed by atoms with Crippen molar-refractivity contribution in [2.75, 3.05) is 19.1 Å². The van der Waals surface area contributed by atoms with E-state index in [2.05, 4.69) is 21.4 Å². The van der Waals surface area contributed by atoms with Gasteiger partial charge in [-0.25, -0.2) is 8.42 Å². The smallest absolute Gasteiger partial charge is 0.147 e. The standard InChI is InChI=1S/C12H19BrN2O3S/c1-18-12-6-5-9(13)8-10(12)11(15-14)4-3-7-19(2,16)17/h5-6,8,11,15H,3-4,7,14H2,1-2H3. The van der Waals surface area contributed by atoms with E-state index in [9.17, 15) is 8.42 Å². The molecule has 0 saturated heterocycles. The molecule has 7 heteroatoms. The lowest BCUT2D eigenvalue weighted by molar-refractivity contribution is 0.395. The van der Waals surface area contributed by atoms with Crippen LogP contribution >= 0.6 is 15.9 Å². The molecule has 1 aromatic carbocycles. The summed E-state index contributed by atoms with van der Waals surface area (Å²) in [5.74, 6) is 6.44. The van der Waals surface area contributed by atoms with Gasteiger partial charge in [0.25, 0.3) is 0 Å². The van der Waals surface area contributed by atoms with Gasteiger partial charge >= 0.3 is 0 Å². The number of rotatable bonds is 7. The Morgan fingerprint density at radius 3 is 2.68 bits per heavy atom. The summed E-state index contributed by atoms with van der Waals surface area (Å²) in [6, 6.07) is 5.51. The van der Waals surface area contributed by atoms with Crippen molar-refractivity contribution in [3.8, 4) is 5.75 Å². The molecule has 1 atom stereocenters. The monoisotopic (exact) mass is 350 g/mol. The number of benzene rings is 1. The van der Waals surface area contributed by atoms with E-state index >= 15 is 0 Å². The molecule has 19 heavy (non-hydrogen) atoms. The van der Waals surface area contributed by atoms with E-state index in [4.69, 9.17) is 10.6 Å². The average Bonchev–Trinajstić information content (AvgIpc) is 2.33. The van der Waals surface area contributed by atoms with E-state index in [-0.39, 0.29) is 11.8 Å². The highest BCUT2D eigenvalue weighted by molar-refractivity contribution is 9.10. The van der Waals surface area contributed by atoms with Crippen molar-refractivity contribution in [3.63, 3.8) is 0 Å². The molecule has 3 N–H and O–H groups in total. The van der Waals surface area contributed by atoms with Crippen molar-refractivity contribution in [2.24, 2.45) is 5.84 Å². The molecule has 1 unspecified atom stereocenters. The minimum Gasteiger partial charge on any atom is -0.496 e. The number of nitrogens with one attached hydrogen (secondary N) is 1. The van der Waals surface area contributed by atoms with Crippen LogP contribution in [0.1, 0.15) is 24.4 Å². The first-order valence-electron chi connectivity index (χ1n) is 5.84. The van der Waals surface area contributed by atoms with Crippen molar-refractivity contribution in [1.29, 1.82) is 0 Å². The van der Waals surface area contributed by atoms with Crippen LogP contribution in [0.2, 0.25) is 0 Å². The Labute approximate surface area is 122 Å². The number of ether oxygens (including phenoxy) is 1. The Bertz CT molecular complexity index is 520. The summed E-state index contributed by atoms with van der Waals surface area (Å²) in [6.07, 6.45) is 2.40. The second-order valence-electron chi connectivity index (χ2n) is 4.38. The maximum absolute atomic E-state index is 11.1. The predicted octanol–water partition coefficient (Wildman–Crippen LogP) is 1.79. The first kappa shape index (κ1) is 16.4. The largest absolute Gasteiger partial charge is 0.496 e. The molecule has 0 bridgehead atoms. The quantitative estimate of drug-likeness (QED) is 0.578. The molecule has 0 heterocycles. The van der Waals surface area contributed by atoms with Gasteiger partial charge in [-0.1, -0.05) is 15.9 Å². The fourth-order valence-corrected chi connectivity index (χ4v) is 2.93. The van der Waals surface area contributed by atoms with E-state index < -0.39 is 9.84 Å². The van der Waals surface area contributed by atoms with Gasteiger partial charge in [0.1, 0.15) is 15.6 Å². The van der Waals surface area contributed by atoms with Gasteiger partial charge in [-0.2, -0.15) is 0 Å². The van der Waals surface area contributed by atoms with Crippen molar-refractivity contribution in [2.45, 2.75) is 18.9 Å². The molecule has 0 fully saturated rings. The number of hydrogen-bond acceptors (Lipinski definition) is 5. The van der Waals surface area contributed by atoms with E-state index in [1.807, 2.05) is 18.2 Å². The molecular weight excluding hydrogens is 332 g/mol. The lowest BCUT2D eigenvalue weighted by Crippen LogP contribution is -2.28. The number of halogens is 1. The summed E-state index contributed by atoms with van der Waals surface area (Å²) in [5.41, 5.74) is 3.62. The van der Waals surface area contributed by atoms with Crippen molar-refractivity contribution >= 4 is 25.8 Å². The molecule has 108 valence electrons. The summed E-state index contributed by atoms with van der Waals surface area (Å²) in [5, 5.41) is 0. The lowest BCUT2D eigenvalue weighted by Gasteiger charge is -2.19. The Kier molecular flexibility index (Phi) is 6.25. The van der Waals surface area contributed by atoms with Gasteiger partial charge in [-0.3, -0.25) is 11.3 Å². The van der Waals surface area contributed by atoms with Crippen LogP contribution in [0.5, 0.6) is 5.75 Å². The van der Waals surface area contributed by atoms with Gasteiger partial charge in [0, 0.05) is 28.1 Å². The summed E-state index contributed by atoms with van der Waals surface area (Å²) in [7, 11) is -1.35. The third kappa shape index (κ3) is 5.48. The normalized spacial score (nSPS) is 13.3. The predicted molar refractivity (Wildman–Crippen MR) is 79.7 cm³/mol. The Balaban J connectivity index is 2.82. The third-order valence-electron chi connectivity index (χ3n) is 2.78. The van der Waals surface area contributed by atoms with E-state index in [0.717, 1.165) is 15.8 Å². The van der Waals surface area contributed by atoms with Crippen LogP contribution in [0.15, 0.2) is 22.7 Å². The van der Waals surface area contributed by atoms with Crippen LogP contribution in [-0.2, 0) is 9.84 Å². The van der Waals surface area contributed by atoms with Gasteiger partial charge < -0.3 is 4.74 Å². The Morgan fingerprint density at radius 1 is 1.47 bits per heavy atom. The topological polar surface area (TPSA) is 81.4 Å². The average molecular weight is 351 g/mol. The van der Waals surface area contributed by atoms with Gasteiger partial charge in [0.05, 0.1) is 7.11 Å². The molecule has 0 aliphatic carbocycles. The molecule has 5 nitrogen and oxygen atoms in total. The van der Waals surface area contributed by atoms with Crippen LogP contribution in [0.3, 0.4) is 0 Å². The number of hydrogen-bond donors (Lipinski definition) is 2. The Morgan fingerprint density at radius 2 is 2.16 bits per heavy atom. The number of sulfone groups is 1. The number of hydrazine groups is 1. The second kappa shape index (κ2) is 7.23. The van der Waals surface area contributed by atoms with Crippen LogP contribution in [0, 0.1) is 0 Å². The number of methoxy groups -OCH3 is 1. The SMILES string of the molecule is COc1ccc(Br)cc1C(CCCS(C)(=O)=O)NN. The summed E-state index contributed by atoms with van der Waals surface area (Å²) in [4.78, 5) is 0. The van der Waals surface area contributed by atoms with E-state index in [1.54, 1.807) is 7.11 Å². The van der Waals surface area contributed by atoms with Crippen molar-refractivity contribution < 1.29 is 13.2 Å². The highest BCUT2D eigenvalue weighted by Gasteiger charge is 2.16. The molecule has 0 aliphatic rings. The molecule has 0 saturated carbocycles. The summed E-state index contributed by atoms with van der Waals surface area (Å²) < 4.78 is 28.5. The number of nitrogens with two attached hydrogens (primary N) is 1. The van der Waals surface area contributed by atoms with Crippen LogP contribution in [0.4, 0.5) is 0 Å². The van der Waals surface area contributed by atoms with Crippen LogP contribution in [-0.4, -0.2) is 27.5 Å². The van der Waals surface area contributed by atoms with Gasteiger partial charge in [-0.05, 0) is 31.0 Å². The van der Waals surface area contributed by atoms with E-state index in [1.165, 1.54) is 6.26 Å². The van der Waals surface area contributed by atoms with Gasteiger partial charge in [-0.15, -0.1) is 0 Å². The van der Waals surface area contributed by atoms with Crippen molar-refractivity contribution in [1.82, 2.24) is 5.43 Å². The highest BCUT2D eigenvalue weighted by Crippen LogP contribution is 2.30. The molecule has 0 aromatic heterocycles. The minimum absolute atomic E-state index is 0.144. The zero-order valence-electron chi connectivity index (χ0n) is 11.0. The van der Waals surface area contributed by atoms with Crippen LogP contribution in [0.25, 0.3) is 0 Å². The second-order valence-corrected chi connectivity index (χ2v) is 7.55. The molecule has 1 aromatic rings. The first-order chi connectivity index (χ1) is 8.87. The maximum atomic E-state index is 11.1. The van der Waals surface area contributed by atoms with E-state index in [0.29, 0.717) is 12.8 Å². The van der Waals surface area contributed by atoms with Gasteiger partial charge in [0.2, 0.25) is 0 Å². The summed E-state index contributed by atoms with van der Waals surface area (Å²) in [6.45, 7) is 0. The fourth-order valence-electron chi connectivity index (χ4n) is 1.86. The zero-order valence-corrected chi connectivity index (χ0v) is 13.4. The molecule has 0 radical (unpaired) electrons. The lowest BCUT2D eigenvalue weighted by atomic mass is 10.0.